The van der Waals surface area contributed by atoms with Gasteiger partial charge in [-0.15, -0.1) is 24.0 Å². The standard InChI is InChI=1S/C16H30N6.HI/c1-17-16(21(3)12-14-11-19-22(4)13-14)18-9-10-20(2)15-7-5-6-8-15;/h11,13,15H,5-10,12H2,1-4H3,(H,17,18);1H. The van der Waals surface area contributed by atoms with Crippen LogP contribution in [0.2, 0.25) is 0 Å². The van der Waals surface area contributed by atoms with Crippen LogP contribution in [0, 0.1) is 0 Å². The minimum Gasteiger partial charge on any atom is -0.355 e. The first-order chi connectivity index (χ1) is 10.6. The van der Waals surface area contributed by atoms with Gasteiger partial charge in [0.1, 0.15) is 0 Å². The molecule has 0 amide bonds. The van der Waals surface area contributed by atoms with Crippen LogP contribution in [0.25, 0.3) is 0 Å². The van der Waals surface area contributed by atoms with Gasteiger partial charge in [-0.1, -0.05) is 12.8 Å². The van der Waals surface area contributed by atoms with Gasteiger partial charge in [-0.05, 0) is 19.9 Å². The van der Waals surface area contributed by atoms with Crippen molar-refractivity contribution in [3.05, 3.63) is 18.0 Å². The number of guanidine groups is 1. The summed E-state index contributed by atoms with van der Waals surface area (Å²) in [4.78, 5) is 8.98. The van der Waals surface area contributed by atoms with Crippen LogP contribution in [-0.4, -0.2) is 65.8 Å². The largest absolute Gasteiger partial charge is 0.355 e. The highest BCUT2D eigenvalue weighted by molar-refractivity contribution is 14.0. The lowest BCUT2D eigenvalue weighted by molar-refractivity contribution is 0.248. The average Bonchev–Trinajstić information content (AvgIpc) is 3.15. The molecule has 0 saturated heterocycles. The molecule has 1 N–H and O–H groups in total. The number of nitrogens with one attached hydrogen (secondary N) is 1. The van der Waals surface area contributed by atoms with E-state index in [2.05, 4.69) is 39.3 Å². The number of hydrogen-bond donors (Lipinski definition) is 1. The van der Waals surface area contributed by atoms with Gasteiger partial charge >= 0.3 is 0 Å². The molecule has 0 radical (unpaired) electrons. The Morgan fingerprint density at radius 2 is 2.09 bits per heavy atom. The number of halogens is 1. The smallest absolute Gasteiger partial charge is 0.193 e. The van der Waals surface area contributed by atoms with E-state index in [0.29, 0.717) is 0 Å². The van der Waals surface area contributed by atoms with Gasteiger partial charge in [-0.25, -0.2) is 0 Å². The maximum absolute atomic E-state index is 4.37. The molecule has 132 valence electrons. The Bertz CT molecular complexity index is 481. The molecule has 1 aromatic rings. The summed E-state index contributed by atoms with van der Waals surface area (Å²) >= 11 is 0. The minimum atomic E-state index is 0. The number of rotatable bonds is 6. The second-order valence-corrected chi connectivity index (χ2v) is 6.27. The molecule has 2 rings (SSSR count). The third-order valence-corrected chi connectivity index (χ3v) is 4.45. The van der Waals surface area contributed by atoms with Gasteiger partial charge in [0.05, 0.1) is 6.20 Å². The molecular weight excluding hydrogens is 403 g/mol. The van der Waals surface area contributed by atoms with Crippen LogP contribution in [0.5, 0.6) is 0 Å². The summed E-state index contributed by atoms with van der Waals surface area (Å²) < 4.78 is 1.83. The Morgan fingerprint density at radius 3 is 2.65 bits per heavy atom. The van der Waals surface area contributed by atoms with Gasteiger partial charge in [0, 0.05) is 58.6 Å². The highest BCUT2D eigenvalue weighted by atomic mass is 127. The predicted molar refractivity (Wildman–Crippen MR) is 106 cm³/mol. The molecule has 0 bridgehead atoms. The molecular formula is C16H31IN6. The van der Waals surface area contributed by atoms with Crippen molar-refractivity contribution in [3.63, 3.8) is 0 Å². The molecule has 1 heterocycles. The molecule has 0 atom stereocenters. The van der Waals surface area contributed by atoms with Crippen molar-refractivity contribution in [1.82, 2.24) is 24.9 Å². The molecule has 7 heteroatoms. The number of aryl methyl sites for hydroxylation is 1. The van der Waals surface area contributed by atoms with Crippen molar-refractivity contribution in [2.24, 2.45) is 12.0 Å². The van der Waals surface area contributed by atoms with Crippen LogP contribution < -0.4 is 5.32 Å². The molecule has 0 spiro atoms. The third kappa shape index (κ3) is 6.29. The average molecular weight is 434 g/mol. The summed E-state index contributed by atoms with van der Waals surface area (Å²) in [5.41, 5.74) is 1.19. The number of aromatic nitrogens is 2. The SMILES string of the molecule is CN=C(NCCN(C)C1CCCC1)N(C)Cc1cnn(C)c1.I. The summed E-state index contributed by atoms with van der Waals surface area (Å²) in [6, 6.07) is 0.775. The number of likely N-dealkylation sites (N-methyl/N-ethyl adjacent to an activating group) is 1. The van der Waals surface area contributed by atoms with Gasteiger partial charge in [0.25, 0.3) is 0 Å². The van der Waals surface area contributed by atoms with E-state index in [4.69, 9.17) is 0 Å². The van der Waals surface area contributed by atoms with E-state index in [0.717, 1.165) is 31.6 Å². The molecule has 0 aromatic carbocycles. The van der Waals surface area contributed by atoms with Gasteiger partial charge < -0.3 is 15.1 Å². The van der Waals surface area contributed by atoms with E-state index in [9.17, 15) is 0 Å². The fourth-order valence-electron chi connectivity index (χ4n) is 3.16. The number of hydrogen-bond acceptors (Lipinski definition) is 3. The van der Waals surface area contributed by atoms with Crippen LogP contribution in [0.1, 0.15) is 31.2 Å². The first-order valence-electron chi connectivity index (χ1n) is 8.19. The van der Waals surface area contributed by atoms with Crippen molar-refractivity contribution < 1.29 is 0 Å². The fraction of sp³-hybridized carbons (Fsp3) is 0.750. The Morgan fingerprint density at radius 1 is 1.39 bits per heavy atom. The van der Waals surface area contributed by atoms with Crippen LogP contribution in [0.3, 0.4) is 0 Å². The molecule has 23 heavy (non-hydrogen) atoms. The van der Waals surface area contributed by atoms with Gasteiger partial charge in [0.15, 0.2) is 5.96 Å². The Kier molecular flexibility index (Phi) is 8.90. The summed E-state index contributed by atoms with van der Waals surface area (Å²) in [7, 11) is 8.07. The van der Waals surface area contributed by atoms with E-state index >= 15 is 0 Å². The second kappa shape index (κ2) is 10.1. The van der Waals surface area contributed by atoms with Crippen molar-refractivity contribution in [1.29, 1.82) is 0 Å². The third-order valence-electron chi connectivity index (χ3n) is 4.45. The molecule has 0 unspecified atom stereocenters. The normalized spacial score (nSPS) is 15.8. The number of nitrogens with zero attached hydrogens (tertiary/aromatic N) is 5. The van der Waals surface area contributed by atoms with Crippen LogP contribution in [-0.2, 0) is 13.6 Å². The lowest BCUT2D eigenvalue weighted by Crippen LogP contribution is -2.43. The number of aliphatic imine (C=N–C) groups is 1. The summed E-state index contributed by atoms with van der Waals surface area (Å²) in [6.07, 6.45) is 9.42. The van der Waals surface area contributed by atoms with E-state index in [1.54, 1.807) is 0 Å². The van der Waals surface area contributed by atoms with E-state index in [1.165, 1.54) is 31.2 Å². The van der Waals surface area contributed by atoms with E-state index < -0.39 is 0 Å². The summed E-state index contributed by atoms with van der Waals surface area (Å²) in [5, 5.41) is 7.67. The first-order valence-corrected chi connectivity index (χ1v) is 8.19. The summed E-state index contributed by atoms with van der Waals surface area (Å²) in [5.74, 6) is 0.934. The predicted octanol–water partition coefficient (Wildman–Crippen LogP) is 1.92. The summed E-state index contributed by atoms with van der Waals surface area (Å²) in [6.45, 7) is 2.80. The van der Waals surface area contributed by atoms with Crippen molar-refractivity contribution >= 4 is 29.9 Å². The van der Waals surface area contributed by atoms with Crippen LogP contribution in [0.15, 0.2) is 17.4 Å². The molecule has 0 aliphatic heterocycles. The highest BCUT2D eigenvalue weighted by Gasteiger charge is 2.19. The zero-order valence-electron chi connectivity index (χ0n) is 14.8. The van der Waals surface area contributed by atoms with Crippen molar-refractivity contribution in [2.45, 2.75) is 38.3 Å². The molecule has 1 aliphatic rings. The quantitative estimate of drug-likeness (QED) is 0.422. The fourth-order valence-corrected chi connectivity index (χ4v) is 3.16. The van der Waals surface area contributed by atoms with Gasteiger partial charge in [-0.3, -0.25) is 9.67 Å². The molecule has 1 aliphatic carbocycles. The Balaban J connectivity index is 0.00000264. The Labute approximate surface area is 157 Å². The minimum absolute atomic E-state index is 0. The monoisotopic (exact) mass is 434 g/mol. The van der Waals surface area contributed by atoms with Crippen molar-refractivity contribution in [2.75, 3.05) is 34.2 Å². The molecule has 6 nitrogen and oxygen atoms in total. The lowest BCUT2D eigenvalue weighted by Gasteiger charge is -2.26. The van der Waals surface area contributed by atoms with E-state index in [1.807, 2.05) is 31.2 Å². The van der Waals surface area contributed by atoms with Crippen molar-refractivity contribution in [3.8, 4) is 0 Å². The van der Waals surface area contributed by atoms with E-state index in [-0.39, 0.29) is 24.0 Å². The zero-order valence-corrected chi connectivity index (χ0v) is 17.2. The van der Waals surface area contributed by atoms with Crippen LogP contribution in [0.4, 0.5) is 0 Å². The molecule has 1 fully saturated rings. The first kappa shape index (κ1) is 20.2. The molecule has 1 saturated carbocycles. The van der Waals surface area contributed by atoms with Crippen LogP contribution >= 0.6 is 24.0 Å². The molecule has 1 aromatic heterocycles. The topological polar surface area (TPSA) is 48.7 Å². The second-order valence-electron chi connectivity index (χ2n) is 6.27. The Hall–Kier alpha value is -0.830. The zero-order chi connectivity index (χ0) is 15.9. The van der Waals surface area contributed by atoms with Gasteiger partial charge in [0.2, 0.25) is 0 Å². The van der Waals surface area contributed by atoms with Gasteiger partial charge in [-0.2, -0.15) is 5.10 Å². The lowest BCUT2D eigenvalue weighted by atomic mass is 10.2. The highest BCUT2D eigenvalue weighted by Crippen LogP contribution is 2.21. The maximum atomic E-state index is 4.37. The maximum Gasteiger partial charge on any atom is 0.193 e.